The normalized spacial score (nSPS) is 19.9. The van der Waals surface area contributed by atoms with Crippen LogP contribution in [0, 0.1) is 0 Å². The quantitative estimate of drug-likeness (QED) is 0.862. The lowest BCUT2D eigenvalue weighted by Crippen LogP contribution is -2.36. The molecule has 94 valence electrons. The van der Waals surface area contributed by atoms with Crippen LogP contribution < -0.4 is 5.32 Å². The van der Waals surface area contributed by atoms with Crippen molar-refractivity contribution in [1.29, 1.82) is 0 Å². The molecular weight excluding hydrogens is 228 g/mol. The minimum atomic E-state index is 0.486. The molecule has 2 aromatic rings. The zero-order valence-electron chi connectivity index (χ0n) is 10.2. The number of hydrogen-bond donors (Lipinski definition) is 1. The second kappa shape index (κ2) is 5.22. The molecule has 1 saturated heterocycles. The molecule has 1 aliphatic heterocycles. The highest BCUT2D eigenvalue weighted by Crippen LogP contribution is 2.13. The summed E-state index contributed by atoms with van der Waals surface area (Å²) in [6.45, 7) is 1.10. The second-order valence-electron chi connectivity index (χ2n) is 4.57. The molecule has 0 aromatic carbocycles. The fraction of sp³-hybridized carbons (Fsp3) is 0.500. The minimum absolute atomic E-state index is 0.486. The first kappa shape index (κ1) is 11.3. The zero-order valence-corrected chi connectivity index (χ0v) is 10.2. The van der Waals surface area contributed by atoms with Crippen molar-refractivity contribution in [2.24, 2.45) is 0 Å². The van der Waals surface area contributed by atoms with Crippen LogP contribution in [0.4, 0.5) is 0 Å². The maximum absolute atomic E-state index is 4.12. The van der Waals surface area contributed by atoms with E-state index in [-0.39, 0.29) is 0 Å². The van der Waals surface area contributed by atoms with Gasteiger partial charge in [0.05, 0.1) is 11.9 Å². The molecule has 0 aliphatic carbocycles. The number of nitrogens with one attached hydrogen (secondary N) is 1. The number of nitrogens with zero attached hydrogens (tertiary/aromatic N) is 5. The molecule has 3 heterocycles. The summed E-state index contributed by atoms with van der Waals surface area (Å²) in [6, 6.07) is 4.33. The first-order chi connectivity index (χ1) is 8.93. The van der Waals surface area contributed by atoms with Crippen molar-refractivity contribution in [2.45, 2.75) is 31.7 Å². The first-order valence-corrected chi connectivity index (χ1v) is 6.34. The molecule has 1 atom stereocenters. The van der Waals surface area contributed by atoms with E-state index in [1.165, 1.54) is 19.3 Å². The van der Waals surface area contributed by atoms with Gasteiger partial charge in [-0.15, -0.1) is 5.10 Å². The number of piperidine rings is 1. The van der Waals surface area contributed by atoms with Crippen LogP contribution in [0.1, 0.15) is 25.1 Å². The largest absolute Gasteiger partial charge is 0.314 e. The van der Waals surface area contributed by atoms with Gasteiger partial charge in [0, 0.05) is 18.7 Å². The molecule has 6 heteroatoms. The summed E-state index contributed by atoms with van der Waals surface area (Å²) in [6.07, 6.45) is 8.13. The Morgan fingerprint density at radius 1 is 1.39 bits per heavy atom. The fourth-order valence-corrected chi connectivity index (χ4v) is 2.33. The molecule has 0 saturated carbocycles. The molecule has 3 rings (SSSR count). The smallest absolute Gasteiger partial charge is 0.158 e. The Kier molecular flexibility index (Phi) is 3.27. The highest BCUT2D eigenvalue weighted by Gasteiger charge is 2.17. The van der Waals surface area contributed by atoms with Crippen molar-refractivity contribution in [1.82, 2.24) is 30.5 Å². The van der Waals surface area contributed by atoms with Crippen LogP contribution in [0.15, 0.2) is 24.5 Å². The van der Waals surface area contributed by atoms with Crippen LogP contribution in [-0.2, 0) is 6.42 Å². The van der Waals surface area contributed by atoms with Crippen molar-refractivity contribution in [2.75, 3.05) is 6.54 Å². The standard InChI is InChI=1S/C12H16N6/c1-2-7-14-10(4-1)8-12-15-16-17-18(12)11-5-3-6-13-9-11/h3,5-6,9-10,14H,1-2,4,7-8H2. The summed E-state index contributed by atoms with van der Waals surface area (Å²) >= 11 is 0. The molecule has 0 amide bonds. The van der Waals surface area contributed by atoms with E-state index in [1.807, 2.05) is 12.1 Å². The van der Waals surface area contributed by atoms with Gasteiger partial charge in [0.25, 0.3) is 0 Å². The van der Waals surface area contributed by atoms with Gasteiger partial charge in [-0.05, 0) is 41.9 Å². The Morgan fingerprint density at radius 2 is 2.39 bits per heavy atom. The van der Waals surface area contributed by atoms with Gasteiger partial charge in [-0.2, -0.15) is 4.68 Å². The van der Waals surface area contributed by atoms with E-state index in [9.17, 15) is 0 Å². The second-order valence-corrected chi connectivity index (χ2v) is 4.57. The topological polar surface area (TPSA) is 68.5 Å². The molecule has 18 heavy (non-hydrogen) atoms. The third kappa shape index (κ3) is 2.38. The average molecular weight is 244 g/mol. The Bertz CT molecular complexity index is 488. The van der Waals surface area contributed by atoms with Gasteiger partial charge in [0.2, 0.25) is 0 Å². The maximum atomic E-state index is 4.12. The maximum Gasteiger partial charge on any atom is 0.158 e. The highest BCUT2D eigenvalue weighted by molar-refractivity contribution is 5.26. The number of aromatic nitrogens is 5. The summed E-state index contributed by atoms with van der Waals surface area (Å²) < 4.78 is 1.77. The lowest BCUT2D eigenvalue weighted by Gasteiger charge is -2.22. The van der Waals surface area contributed by atoms with Crippen LogP contribution in [-0.4, -0.2) is 37.8 Å². The van der Waals surface area contributed by atoms with Gasteiger partial charge in [-0.3, -0.25) is 4.98 Å². The van der Waals surface area contributed by atoms with Gasteiger partial charge in [-0.1, -0.05) is 6.42 Å². The molecular formula is C12H16N6. The zero-order chi connectivity index (χ0) is 12.2. The summed E-state index contributed by atoms with van der Waals surface area (Å²) in [4.78, 5) is 4.10. The van der Waals surface area contributed by atoms with Gasteiger partial charge >= 0.3 is 0 Å². The molecule has 2 aromatic heterocycles. The lowest BCUT2D eigenvalue weighted by molar-refractivity contribution is 0.392. The van der Waals surface area contributed by atoms with Crippen LogP contribution in [0.25, 0.3) is 5.69 Å². The van der Waals surface area contributed by atoms with Crippen molar-refractivity contribution in [3.8, 4) is 5.69 Å². The van der Waals surface area contributed by atoms with Crippen LogP contribution in [0.5, 0.6) is 0 Å². The predicted molar refractivity (Wildman–Crippen MR) is 66.3 cm³/mol. The Balaban J connectivity index is 1.79. The van der Waals surface area contributed by atoms with E-state index >= 15 is 0 Å². The summed E-state index contributed by atoms with van der Waals surface area (Å²) in [5, 5.41) is 15.4. The van der Waals surface area contributed by atoms with Gasteiger partial charge in [0.1, 0.15) is 0 Å². The van der Waals surface area contributed by atoms with Gasteiger partial charge in [-0.25, -0.2) is 0 Å². The number of pyridine rings is 1. The van der Waals surface area contributed by atoms with E-state index in [1.54, 1.807) is 17.1 Å². The van der Waals surface area contributed by atoms with Crippen molar-refractivity contribution in [3.05, 3.63) is 30.4 Å². The van der Waals surface area contributed by atoms with Crippen LogP contribution in [0.2, 0.25) is 0 Å². The Labute approximate surface area is 105 Å². The first-order valence-electron chi connectivity index (χ1n) is 6.34. The van der Waals surface area contributed by atoms with Gasteiger partial charge in [0.15, 0.2) is 5.82 Å². The molecule has 0 spiro atoms. The molecule has 1 fully saturated rings. The SMILES string of the molecule is c1cncc(-n2nnnc2CC2CCCCN2)c1. The molecule has 0 radical (unpaired) electrons. The van der Waals surface area contributed by atoms with E-state index < -0.39 is 0 Å². The number of rotatable bonds is 3. The molecule has 1 aliphatic rings. The number of tetrazole rings is 1. The minimum Gasteiger partial charge on any atom is -0.314 e. The van der Waals surface area contributed by atoms with Gasteiger partial charge < -0.3 is 5.32 Å². The summed E-state index contributed by atoms with van der Waals surface area (Å²) in [5.41, 5.74) is 0.910. The Morgan fingerprint density at radius 3 is 3.17 bits per heavy atom. The van der Waals surface area contributed by atoms with Crippen molar-refractivity contribution >= 4 is 0 Å². The fourth-order valence-electron chi connectivity index (χ4n) is 2.33. The lowest BCUT2D eigenvalue weighted by atomic mass is 10.0. The molecule has 0 bridgehead atoms. The third-order valence-electron chi connectivity index (χ3n) is 3.27. The van der Waals surface area contributed by atoms with Crippen molar-refractivity contribution < 1.29 is 0 Å². The molecule has 1 unspecified atom stereocenters. The van der Waals surface area contributed by atoms with Crippen molar-refractivity contribution in [3.63, 3.8) is 0 Å². The van der Waals surface area contributed by atoms with E-state index in [0.717, 1.165) is 24.5 Å². The van der Waals surface area contributed by atoms with E-state index in [0.29, 0.717) is 6.04 Å². The van der Waals surface area contributed by atoms with Crippen LogP contribution >= 0.6 is 0 Å². The summed E-state index contributed by atoms with van der Waals surface area (Å²) in [5.74, 6) is 0.891. The molecule has 1 N–H and O–H groups in total. The molecule has 6 nitrogen and oxygen atoms in total. The van der Waals surface area contributed by atoms with E-state index in [4.69, 9.17) is 0 Å². The van der Waals surface area contributed by atoms with Crippen LogP contribution in [0.3, 0.4) is 0 Å². The number of hydrogen-bond acceptors (Lipinski definition) is 5. The predicted octanol–water partition coefficient (Wildman–Crippen LogP) is 0.742. The third-order valence-corrected chi connectivity index (χ3v) is 3.27. The Hall–Kier alpha value is -1.82. The average Bonchev–Trinajstić information content (AvgIpc) is 2.89. The highest BCUT2D eigenvalue weighted by atomic mass is 15.5. The monoisotopic (exact) mass is 244 g/mol. The summed E-state index contributed by atoms with van der Waals surface area (Å²) in [7, 11) is 0. The van der Waals surface area contributed by atoms with E-state index in [2.05, 4.69) is 25.8 Å².